The zero-order valence-corrected chi connectivity index (χ0v) is 7.97. The number of H-pyrrole nitrogens is 1. The van der Waals surface area contributed by atoms with Gasteiger partial charge in [-0.2, -0.15) is 0 Å². The second-order valence-electron chi connectivity index (χ2n) is 2.92. The Labute approximate surface area is 89.0 Å². The molecule has 0 fully saturated rings. The number of nitrogens with zero attached hydrogens (tertiary/aromatic N) is 1. The summed E-state index contributed by atoms with van der Waals surface area (Å²) in [5.74, 6) is 0.883. The van der Waals surface area contributed by atoms with Crippen molar-refractivity contribution in [3.63, 3.8) is 0 Å². The van der Waals surface area contributed by atoms with Crippen LogP contribution >= 0.6 is 11.6 Å². The first kappa shape index (κ1) is 10.8. The smallest absolute Gasteiger partial charge is 0.137 e. The maximum atomic E-state index is 5.77. The summed E-state index contributed by atoms with van der Waals surface area (Å²) >= 11 is 5.77. The van der Waals surface area contributed by atoms with E-state index in [1.807, 2.05) is 37.4 Å². The van der Waals surface area contributed by atoms with Crippen molar-refractivity contribution < 1.29 is 0 Å². The maximum absolute atomic E-state index is 5.77. The minimum Gasteiger partial charge on any atom is -0.342 e. The summed E-state index contributed by atoms with van der Waals surface area (Å²) in [5.41, 5.74) is 2.11. The lowest BCUT2D eigenvalue weighted by atomic mass is 10.2. The Morgan fingerprint density at radius 3 is 2.36 bits per heavy atom. The van der Waals surface area contributed by atoms with Gasteiger partial charge in [0.05, 0.1) is 0 Å². The molecule has 1 N–H and O–H groups in total. The molecule has 0 saturated carbocycles. The Bertz CT molecular complexity index is 403. The Hall–Kier alpha value is -1.28. The van der Waals surface area contributed by atoms with Crippen molar-refractivity contribution >= 4 is 11.6 Å². The molecule has 0 aliphatic heterocycles. The average Bonchev–Trinajstić information content (AvgIpc) is 2.53. The molecule has 14 heavy (non-hydrogen) atoms. The number of aromatic amines is 1. The summed E-state index contributed by atoms with van der Waals surface area (Å²) in [5, 5.41) is 0.743. The van der Waals surface area contributed by atoms with Gasteiger partial charge in [0.25, 0.3) is 0 Å². The van der Waals surface area contributed by atoms with Crippen molar-refractivity contribution in [1.82, 2.24) is 9.97 Å². The normalized spacial score (nSPS) is 9.57. The minimum atomic E-state index is 0. The van der Waals surface area contributed by atoms with Gasteiger partial charge in [0.2, 0.25) is 0 Å². The molecule has 0 amide bonds. The Balaban J connectivity index is 0.000000980. The summed E-state index contributed by atoms with van der Waals surface area (Å²) < 4.78 is 0. The van der Waals surface area contributed by atoms with Crippen LogP contribution in [0.1, 0.15) is 13.1 Å². The molecule has 0 spiro atoms. The van der Waals surface area contributed by atoms with Gasteiger partial charge in [-0.25, -0.2) is 4.98 Å². The number of aryl methyl sites for hydroxylation is 1. The van der Waals surface area contributed by atoms with Crippen LogP contribution in [0, 0.1) is 6.92 Å². The summed E-state index contributed by atoms with van der Waals surface area (Å²) in [6, 6.07) is 7.60. The molecule has 0 aliphatic rings. The summed E-state index contributed by atoms with van der Waals surface area (Å²) in [6.07, 6.45) is 1.81. The lowest BCUT2D eigenvalue weighted by Crippen LogP contribution is -1.79. The highest BCUT2D eigenvalue weighted by Gasteiger charge is 1.99. The van der Waals surface area contributed by atoms with E-state index in [0.29, 0.717) is 0 Å². The molecular weight excluding hydrogens is 196 g/mol. The van der Waals surface area contributed by atoms with E-state index in [9.17, 15) is 0 Å². The molecule has 0 saturated heterocycles. The first-order valence-corrected chi connectivity index (χ1v) is 4.41. The van der Waals surface area contributed by atoms with Crippen LogP contribution in [0.15, 0.2) is 30.5 Å². The molecule has 3 heteroatoms. The maximum Gasteiger partial charge on any atom is 0.137 e. The van der Waals surface area contributed by atoms with Gasteiger partial charge in [-0.05, 0) is 31.2 Å². The lowest BCUT2D eigenvalue weighted by molar-refractivity contribution is 1.26. The molecule has 74 valence electrons. The molecule has 0 radical (unpaired) electrons. The van der Waals surface area contributed by atoms with Crippen LogP contribution < -0.4 is 0 Å². The van der Waals surface area contributed by atoms with Crippen LogP contribution in [0.25, 0.3) is 11.4 Å². The van der Waals surface area contributed by atoms with Gasteiger partial charge in [-0.1, -0.05) is 19.0 Å². The van der Waals surface area contributed by atoms with Crippen LogP contribution in [0.4, 0.5) is 0 Å². The molecule has 1 heterocycles. The van der Waals surface area contributed by atoms with Crippen molar-refractivity contribution in [3.8, 4) is 11.4 Å². The highest BCUT2D eigenvalue weighted by molar-refractivity contribution is 6.30. The summed E-state index contributed by atoms with van der Waals surface area (Å²) in [7, 11) is 0. The molecule has 0 unspecified atom stereocenters. The van der Waals surface area contributed by atoms with E-state index >= 15 is 0 Å². The molecule has 2 nitrogen and oxygen atoms in total. The number of aromatic nitrogens is 2. The Kier molecular flexibility index (Phi) is 3.31. The average molecular weight is 209 g/mol. The van der Waals surface area contributed by atoms with E-state index < -0.39 is 0 Å². The molecule has 2 aromatic rings. The summed E-state index contributed by atoms with van der Waals surface area (Å²) in [4.78, 5) is 7.37. The predicted octanol–water partition coefficient (Wildman–Crippen LogP) is 3.67. The van der Waals surface area contributed by atoms with Crippen molar-refractivity contribution in [1.29, 1.82) is 0 Å². The van der Waals surface area contributed by atoms with E-state index in [2.05, 4.69) is 9.97 Å². The van der Waals surface area contributed by atoms with Gasteiger partial charge in [0.1, 0.15) is 5.82 Å². The highest BCUT2D eigenvalue weighted by atomic mass is 35.5. The zero-order valence-electron chi connectivity index (χ0n) is 7.21. The van der Waals surface area contributed by atoms with Crippen LogP contribution in [0.2, 0.25) is 5.02 Å². The SMILES string of the molecule is C.Cc1cnc(-c2ccc(Cl)cc2)[nH]1. The number of benzene rings is 1. The number of halogens is 1. The van der Waals surface area contributed by atoms with Crippen molar-refractivity contribution in [2.75, 3.05) is 0 Å². The topological polar surface area (TPSA) is 28.7 Å². The third-order valence-electron chi connectivity index (χ3n) is 1.82. The second-order valence-corrected chi connectivity index (χ2v) is 3.36. The van der Waals surface area contributed by atoms with Crippen molar-refractivity contribution in [3.05, 3.63) is 41.2 Å². The first-order valence-electron chi connectivity index (χ1n) is 4.03. The molecule has 0 bridgehead atoms. The van der Waals surface area contributed by atoms with Crippen LogP contribution in [-0.2, 0) is 0 Å². The molecule has 0 aliphatic carbocycles. The number of hydrogen-bond acceptors (Lipinski definition) is 1. The monoisotopic (exact) mass is 208 g/mol. The fourth-order valence-corrected chi connectivity index (χ4v) is 1.29. The molecular formula is C11H13ClN2. The standard InChI is InChI=1S/C10H9ClN2.CH4/c1-7-6-12-10(13-7)8-2-4-9(11)5-3-8;/h2-6H,1H3,(H,12,13);1H4. The highest BCUT2D eigenvalue weighted by Crippen LogP contribution is 2.18. The van der Waals surface area contributed by atoms with E-state index in [4.69, 9.17) is 11.6 Å². The van der Waals surface area contributed by atoms with Crippen molar-refractivity contribution in [2.45, 2.75) is 14.4 Å². The molecule has 1 aromatic carbocycles. The molecule has 0 atom stereocenters. The fourth-order valence-electron chi connectivity index (χ4n) is 1.17. The van der Waals surface area contributed by atoms with Gasteiger partial charge in [0, 0.05) is 22.5 Å². The van der Waals surface area contributed by atoms with Gasteiger partial charge >= 0.3 is 0 Å². The zero-order chi connectivity index (χ0) is 9.26. The van der Waals surface area contributed by atoms with E-state index in [1.54, 1.807) is 0 Å². The van der Waals surface area contributed by atoms with Gasteiger partial charge in [0.15, 0.2) is 0 Å². The summed E-state index contributed by atoms with van der Waals surface area (Å²) in [6.45, 7) is 1.98. The second kappa shape index (κ2) is 4.29. The Morgan fingerprint density at radius 2 is 1.86 bits per heavy atom. The lowest BCUT2D eigenvalue weighted by Gasteiger charge is -1.95. The largest absolute Gasteiger partial charge is 0.342 e. The fraction of sp³-hybridized carbons (Fsp3) is 0.182. The first-order chi connectivity index (χ1) is 6.25. The number of imidazole rings is 1. The third-order valence-corrected chi connectivity index (χ3v) is 2.07. The molecule has 2 rings (SSSR count). The van der Waals surface area contributed by atoms with Crippen LogP contribution in [0.3, 0.4) is 0 Å². The Morgan fingerprint density at radius 1 is 1.21 bits per heavy atom. The van der Waals surface area contributed by atoms with Gasteiger partial charge < -0.3 is 4.98 Å². The quantitative estimate of drug-likeness (QED) is 0.761. The number of rotatable bonds is 1. The minimum absolute atomic E-state index is 0. The van der Waals surface area contributed by atoms with Crippen LogP contribution in [-0.4, -0.2) is 9.97 Å². The van der Waals surface area contributed by atoms with E-state index in [1.165, 1.54) is 0 Å². The van der Waals surface area contributed by atoms with Crippen LogP contribution in [0.5, 0.6) is 0 Å². The van der Waals surface area contributed by atoms with Crippen molar-refractivity contribution in [2.24, 2.45) is 0 Å². The van der Waals surface area contributed by atoms with Gasteiger partial charge in [-0.3, -0.25) is 0 Å². The van der Waals surface area contributed by atoms with Gasteiger partial charge in [-0.15, -0.1) is 0 Å². The number of hydrogen-bond donors (Lipinski definition) is 1. The molecule has 1 aromatic heterocycles. The third kappa shape index (κ3) is 2.15. The van der Waals surface area contributed by atoms with E-state index in [0.717, 1.165) is 22.1 Å². The predicted molar refractivity (Wildman–Crippen MR) is 60.5 cm³/mol. The van der Waals surface area contributed by atoms with E-state index in [-0.39, 0.29) is 7.43 Å². The number of nitrogens with one attached hydrogen (secondary N) is 1.